The van der Waals surface area contributed by atoms with Crippen molar-refractivity contribution in [3.63, 3.8) is 0 Å². The van der Waals surface area contributed by atoms with E-state index in [1.165, 1.54) is 5.75 Å². The highest BCUT2D eigenvalue weighted by Crippen LogP contribution is 2.10. The van der Waals surface area contributed by atoms with Crippen LogP contribution in [0.1, 0.15) is 33.6 Å². The van der Waals surface area contributed by atoms with E-state index in [1.807, 2.05) is 16.7 Å². The van der Waals surface area contributed by atoms with Crippen LogP contribution >= 0.6 is 11.8 Å². The molecule has 0 bridgehead atoms. The van der Waals surface area contributed by atoms with Crippen molar-refractivity contribution in [2.24, 2.45) is 5.92 Å². The molecule has 0 aromatic heterocycles. The van der Waals surface area contributed by atoms with E-state index in [2.05, 4.69) is 26.1 Å². The third-order valence-corrected chi connectivity index (χ3v) is 4.62. The molecule has 19 heavy (non-hydrogen) atoms. The van der Waals surface area contributed by atoms with Gasteiger partial charge in [-0.1, -0.05) is 13.8 Å². The van der Waals surface area contributed by atoms with Crippen molar-refractivity contribution in [2.45, 2.75) is 39.7 Å². The molecule has 2 amide bonds. The summed E-state index contributed by atoms with van der Waals surface area (Å²) in [6.45, 7) is 9.45. The summed E-state index contributed by atoms with van der Waals surface area (Å²) in [6.07, 6.45) is 1.97. The van der Waals surface area contributed by atoms with E-state index in [4.69, 9.17) is 4.74 Å². The quantitative estimate of drug-likeness (QED) is 0.764. The third kappa shape index (κ3) is 7.06. The lowest BCUT2D eigenvalue weighted by atomic mass is 10.2. The fourth-order valence-corrected chi connectivity index (χ4v) is 2.97. The van der Waals surface area contributed by atoms with Gasteiger partial charge in [0.1, 0.15) is 0 Å². The van der Waals surface area contributed by atoms with Crippen LogP contribution in [0.5, 0.6) is 0 Å². The van der Waals surface area contributed by atoms with Gasteiger partial charge in [-0.05, 0) is 37.2 Å². The second-order valence-corrected chi connectivity index (χ2v) is 6.65. The third-order valence-electron chi connectivity index (χ3n) is 3.14. The summed E-state index contributed by atoms with van der Waals surface area (Å²) in [4.78, 5) is 14.0. The maximum atomic E-state index is 12.1. The highest BCUT2D eigenvalue weighted by atomic mass is 32.2. The van der Waals surface area contributed by atoms with Crippen molar-refractivity contribution in [3.8, 4) is 0 Å². The number of carbonyl (C=O) groups is 1. The molecular formula is C14H28N2O2S. The molecule has 0 radical (unpaired) electrons. The largest absolute Gasteiger partial charge is 0.380 e. The number of ether oxygens (including phenoxy) is 1. The van der Waals surface area contributed by atoms with Gasteiger partial charge in [-0.2, -0.15) is 11.8 Å². The molecule has 1 N–H and O–H groups in total. The Morgan fingerprint density at radius 1 is 1.47 bits per heavy atom. The van der Waals surface area contributed by atoms with Crippen LogP contribution in [-0.4, -0.2) is 54.8 Å². The first kappa shape index (κ1) is 16.6. The SMILES string of the molecule is CC(C)CSCCCNC(=O)N1CCOCC[C@@H]1C. The molecule has 0 aromatic rings. The Labute approximate surface area is 121 Å². The number of hydrogen-bond acceptors (Lipinski definition) is 3. The van der Waals surface area contributed by atoms with Gasteiger partial charge in [0, 0.05) is 25.7 Å². The van der Waals surface area contributed by atoms with Gasteiger partial charge >= 0.3 is 6.03 Å². The fourth-order valence-electron chi connectivity index (χ4n) is 1.99. The first-order chi connectivity index (χ1) is 9.11. The summed E-state index contributed by atoms with van der Waals surface area (Å²) in [6, 6.07) is 0.338. The predicted molar refractivity (Wildman–Crippen MR) is 81.8 cm³/mol. The Kier molecular flexibility index (Phi) is 8.30. The van der Waals surface area contributed by atoms with Crippen LogP contribution in [0.2, 0.25) is 0 Å². The molecule has 1 rings (SSSR count). The van der Waals surface area contributed by atoms with Gasteiger partial charge in [0.25, 0.3) is 0 Å². The Morgan fingerprint density at radius 2 is 2.26 bits per heavy atom. The molecule has 0 spiro atoms. The maximum absolute atomic E-state index is 12.1. The molecular weight excluding hydrogens is 260 g/mol. The molecule has 1 heterocycles. The van der Waals surface area contributed by atoms with E-state index in [0.717, 1.165) is 37.7 Å². The predicted octanol–water partition coefficient (Wildman–Crippen LogP) is 2.59. The summed E-state index contributed by atoms with van der Waals surface area (Å²) in [5.74, 6) is 3.07. The van der Waals surface area contributed by atoms with Gasteiger partial charge in [-0.15, -0.1) is 0 Å². The van der Waals surface area contributed by atoms with Gasteiger partial charge in [-0.25, -0.2) is 4.79 Å². The van der Waals surface area contributed by atoms with Gasteiger partial charge in [0.05, 0.1) is 6.61 Å². The Balaban J connectivity index is 2.12. The second-order valence-electron chi connectivity index (χ2n) is 5.50. The number of nitrogens with zero attached hydrogens (tertiary/aromatic N) is 1. The van der Waals surface area contributed by atoms with E-state index in [1.54, 1.807) is 0 Å². The van der Waals surface area contributed by atoms with Crippen LogP contribution in [0.15, 0.2) is 0 Å². The van der Waals surface area contributed by atoms with Crippen LogP contribution in [0.4, 0.5) is 4.79 Å². The van der Waals surface area contributed by atoms with Crippen LogP contribution in [0.25, 0.3) is 0 Å². The molecule has 4 nitrogen and oxygen atoms in total. The molecule has 0 unspecified atom stereocenters. The number of amides is 2. The summed E-state index contributed by atoms with van der Waals surface area (Å²) >= 11 is 1.97. The van der Waals surface area contributed by atoms with Crippen LogP contribution in [0.3, 0.4) is 0 Å². The molecule has 1 saturated heterocycles. The van der Waals surface area contributed by atoms with E-state index in [9.17, 15) is 4.79 Å². The maximum Gasteiger partial charge on any atom is 0.317 e. The lowest BCUT2D eigenvalue weighted by Crippen LogP contribution is -2.45. The Bertz CT molecular complexity index is 262. The van der Waals surface area contributed by atoms with E-state index in [0.29, 0.717) is 13.2 Å². The van der Waals surface area contributed by atoms with E-state index >= 15 is 0 Å². The smallest absolute Gasteiger partial charge is 0.317 e. The molecule has 5 heteroatoms. The zero-order valence-corrected chi connectivity index (χ0v) is 13.3. The van der Waals surface area contributed by atoms with Crippen LogP contribution < -0.4 is 5.32 Å². The van der Waals surface area contributed by atoms with Crippen molar-refractivity contribution >= 4 is 17.8 Å². The monoisotopic (exact) mass is 288 g/mol. The number of thioether (sulfide) groups is 1. The summed E-state index contributed by atoms with van der Waals surface area (Å²) in [7, 11) is 0. The van der Waals surface area contributed by atoms with Gasteiger partial charge in [0.2, 0.25) is 0 Å². The Hall–Kier alpha value is -0.420. The summed E-state index contributed by atoms with van der Waals surface area (Å²) in [5, 5.41) is 3.02. The second kappa shape index (κ2) is 9.48. The molecule has 1 aliphatic rings. The van der Waals surface area contributed by atoms with E-state index in [-0.39, 0.29) is 12.1 Å². The van der Waals surface area contributed by atoms with Gasteiger partial charge < -0.3 is 15.0 Å². The summed E-state index contributed by atoms with van der Waals surface area (Å²) in [5.41, 5.74) is 0. The molecule has 112 valence electrons. The van der Waals surface area contributed by atoms with Crippen molar-refractivity contribution < 1.29 is 9.53 Å². The van der Waals surface area contributed by atoms with Crippen molar-refractivity contribution in [1.82, 2.24) is 10.2 Å². The minimum absolute atomic E-state index is 0.0619. The molecule has 1 fully saturated rings. The Morgan fingerprint density at radius 3 is 3.00 bits per heavy atom. The van der Waals surface area contributed by atoms with Crippen LogP contribution in [-0.2, 0) is 4.74 Å². The lowest BCUT2D eigenvalue weighted by Gasteiger charge is -2.26. The van der Waals surface area contributed by atoms with E-state index < -0.39 is 0 Å². The standard InChI is InChI=1S/C14H28N2O2S/c1-12(2)11-19-10-4-6-15-14(17)16-7-9-18-8-5-13(16)3/h12-13H,4-11H2,1-3H3,(H,15,17)/t13-/m0/s1. The fraction of sp³-hybridized carbons (Fsp3) is 0.929. The topological polar surface area (TPSA) is 41.6 Å². The first-order valence-electron chi connectivity index (χ1n) is 7.31. The van der Waals surface area contributed by atoms with Gasteiger partial charge in [-0.3, -0.25) is 0 Å². The van der Waals surface area contributed by atoms with Crippen LogP contribution in [0, 0.1) is 5.92 Å². The zero-order valence-electron chi connectivity index (χ0n) is 12.5. The van der Waals surface area contributed by atoms with Crippen molar-refractivity contribution in [3.05, 3.63) is 0 Å². The number of rotatable bonds is 6. The molecule has 0 aliphatic carbocycles. The molecule has 0 saturated carbocycles. The average molecular weight is 288 g/mol. The number of hydrogen-bond donors (Lipinski definition) is 1. The van der Waals surface area contributed by atoms with Crippen molar-refractivity contribution in [2.75, 3.05) is 37.8 Å². The minimum Gasteiger partial charge on any atom is -0.380 e. The normalized spacial score (nSPS) is 20.4. The molecule has 1 aliphatic heterocycles. The number of nitrogens with one attached hydrogen (secondary N) is 1. The average Bonchev–Trinajstić information content (AvgIpc) is 2.57. The molecule has 0 aromatic carbocycles. The lowest BCUT2D eigenvalue weighted by molar-refractivity contribution is 0.142. The minimum atomic E-state index is 0.0619. The van der Waals surface area contributed by atoms with Crippen molar-refractivity contribution in [1.29, 1.82) is 0 Å². The number of carbonyl (C=O) groups excluding carboxylic acids is 1. The molecule has 1 atom stereocenters. The number of urea groups is 1. The zero-order chi connectivity index (χ0) is 14.1. The summed E-state index contributed by atoms with van der Waals surface area (Å²) < 4.78 is 5.40. The van der Waals surface area contributed by atoms with Gasteiger partial charge in [0.15, 0.2) is 0 Å². The highest BCUT2D eigenvalue weighted by molar-refractivity contribution is 7.99. The highest BCUT2D eigenvalue weighted by Gasteiger charge is 2.21. The first-order valence-corrected chi connectivity index (χ1v) is 8.46.